The maximum atomic E-state index is 12.6. The number of hydrogen-bond acceptors (Lipinski definition) is 0. The lowest BCUT2D eigenvalue weighted by molar-refractivity contribution is 0.178. The molecule has 3 heteroatoms. The first-order valence-electron chi connectivity index (χ1n) is 12.7. The van der Waals surface area contributed by atoms with Crippen LogP contribution in [0.25, 0.3) is 0 Å². The van der Waals surface area contributed by atoms with Gasteiger partial charge in [-0.25, -0.2) is 13.2 Å². The fourth-order valence-corrected chi connectivity index (χ4v) is 4.54. The minimum absolute atomic E-state index is 0.464. The zero-order chi connectivity index (χ0) is 22.2. The van der Waals surface area contributed by atoms with E-state index in [9.17, 15) is 13.2 Å². The van der Waals surface area contributed by atoms with Crippen molar-refractivity contribution in [2.45, 2.75) is 144 Å². The second kappa shape index (κ2) is 17.5. The van der Waals surface area contributed by atoms with Crippen LogP contribution in [0.1, 0.15) is 125 Å². The molecule has 0 unspecified atom stereocenters. The Kier molecular flexibility index (Phi) is 17.3. The SMILES string of the molecule is CC.CC(C)C1CCC(F)CC1.CC(C)C1CCC(F)CC1.FC1CCCCC1. The van der Waals surface area contributed by atoms with Gasteiger partial charge in [0.1, 0.15) is 18.5 Å². The van der Waals surface area contributed by atoms with E-state index in [1.807, 2.05) is 13.8 Å². The number of halogens is 3. The van der Waals surface area contributed by atoms with Gasteiger partial charge in [-0.2, -0.15) is 0 Å². The van der Waals surface area contributed by atoms with Crippen LogP contribution in [0.2, 0.25) is 0 Å². The maximum absolute atomic E-state index is 12.6. The van der Waals surface area contributed by atoms with Gasteiger partial charge >= 0.3 is 0 Å². The van der Waals surface area contributed by atoms with Crippen molar-refractivity contribution in [2.24, 2.45) is 23.7 Å². The molecule has 29 heavy (non-hydrogen) atoms. The molecule has 0 radical (unpaired) electrons. The summed E-state index contributed by atoms with van der Waals surface area (Å²) in [6, 6.07) is 0. The van der Waals surface area contributed by atoms with Crippen LogP contribution >= 0.6 is 0 Å². The number of hydrogen-bond donors (Lipinski definition) is 0. The first-order valence-corrected chi connectivity index (χ1v) is 12.7. The summed E-state index contributed by atoms with van der Waals surface area (Å²) < 4.78 is 37.4. The highest BCUT2D eigenvalue weighted by molar-refractivity contribution is 4.74. The van der Waals surface area contributed by atoms with Crippen LogP contribution in [0, 0.1) is 23.7 Å². The topological polar surface area (TPSA) is 0 Å². The Morgan fingerprint density at radius 3 is 0.931 bits per heavy atom. The first-order chi connectivity index (χ1) is 13.8. The fourth-order valence-electron chi connectivity index (χ4n) is 4.54. The minimum Gasteiger partial charge on any atom is -0.247 e. The largest absolute Gasteiger partial charge is 0.247 e. The molecule has 3 aliphatic rings. The Bertz CT molecular complexity index is 308. The normalized spacial score (nSPS) is 30.3. The third kappa shape index (κ3) is 14.4. The van der Waals surface area contributed by atoms with Crippen molar-refractivity contribution >= 4 is 0 Å². The summed E-state index contributed by atoms with van der Waals surface area (Å²) in [6.45, 7) is 13.0. The molecular formula is C26H51F3. The molecule has 3 fully saturated rings. The van der Waals surface area contributed by atoms with E-state index in [1.54, 1.807) is 0 Å². The monoisotopic (exact) mass is 420 g/mol. The van der Waals surface area contributed by atoms with Crippen LogP contribution in [-0.4, -0.2) is 18.5 Å². The Labute approximate surface area is 180 Å². The van der Waals surface area contributed by atoms with E-state index in [2.05, 4.69) is 27.7 Å². The van der Waals surface area contributed by atoms with Crippen LogP contribution in [0.4, 0.5) is 13.2 Å². The predicted molar refractivity (Wildman–Crippen MR) is 123 cm³/mol. The highest BCUT2D eigenvalue weighted by atomic mass is 19.1. The molecule has 0 heterocycles. The first kappa shape index (κ1) is 28.8. The molecule has 0 aromatic heterocycles. The zero-order valence-corrected chi connectivity index (χ0v) is 20.4. The smallest absolute Gasteiger partial charge is 0.100 e. The van der Waals surface area contributed by atoms with Crippen LogP contribution in [-0.2, 0) is 0 Å². The van der Waals surface area contributed by atoms with Gasteiger partial charge in [0.25, 0.3) is 0 Å². The van der Waals surface area contributed by atoms with Crippen molar-refractivity contribution in [1.29, 1.82) is 0 Å². The summed E-state index contributed by atoms with van der Waals surface area (Å²) in [5.41, 5.74) is 0. The highest BCUT2D eigenvalue weighted by Gasteiger charge is 2.23. The average Bonchev–Trinajstić information content (AvgIpc) is 2.72. The zero-order valence-electron chi connectivity index (χ0n) is 20.4. The Hall–Kier alpha value is -0.210. The van der Waals surface area contributed by atoms with Crippen molar-refractivity contribution in [2.75, 3.05) is 0 Å². The lowest BCUT2D eigenvalue weighted by atomic mass is 9.81. The minimum atomic E-state index is -0.491. The van der Waals surface area contributed by atoms with Gasteiger partial charge in [-0.15, -0.1) is 0 Å². The molecule has 0 spiro atoms. The van der Waals surface area contributed by atoms with Crippen LogP contribution in [0.5, 0.6) is 0 Å². The summed E-state index contributed by atoms with van der Waals surface area (Å²) in [6.07, 6.45) is 11.3. The molecule has 0 saturated heterocycles. The second-order valence-electron chi connectivity index (χ2n) is 9.75. The standard InChI is InChI=1S/2C9H17F.C6H11F.C2H6/c2*1-7(2)8-3-5-9(10)6-4-8;7-6-4-2-1-3-5-6;1-2/h2*7-9H,3-6H2,1-2H3;6H,1-5H2;1-2H3. The molecule has 3 saturated carbocycles. The Morgan fingerprint density at radius 2 is 0.724 bits per heavy atom. The van der Waals surface area contributed by atoms with E-state index >= 15 is 0 Å². The van der Waals surface area contributed by atoms with Crippen LogP contribution < -0.4 is 0 Å². The van der Waals surface area contributed by atoms with E-state index in [0.717, 1.165) is 101 Å². The van der Waals surface area contributed by atoms with Crippen molar-refractivity contribution in [3.8, 4) is 0 Å². The molecule has 0 atom stereocenters. The molecule has 176 valence electrons. The van der Waals surface area contributed by atoms with E-state index in [1.165, 1.54) is 6.42 Å². The van der Waals surface area contributed by atoms with Crippen LogP contribution in [0.3, 0.4) is 0 Å². The summed E-state index contributed by atoms with van der Waals surface area (Å²) in [7, 11) is 0. The van der Waals surface area contributed by atoms with Crippen LogP contribution in [0.15, 0.2) is 0 Å². The molecule has 0 N–H and O–H groups in total. The van der Waals surface area contributed by atoms with Crippen molar-refractivity contribution < 1.29 is 13.2 Å². The van der Waals surface area contributed by atoms with Crippen molar-refractivity contribution in [3.05, 3.63) is 0 Å². The predicted octanol–water partition coefficient (Wildman–Crippen LogP) is 9.66. The van der Waals surface area contributed by atoms with Crippen molar-refractivity contribution in [3.63, 3.8) is 0 Å². The number of rotatable bonds is 2. The summed E-state index contributed by atoms with van der Waals surface area (Å²) >= 11 is 0. The number of alkyl halides is 3. The molecule has 3 rings (SSSR count). The van der Waals surface area contributed by atoms with Gasteiger partial charge in [0.05, 0.1) is 0 Å². The molecule has 0 amide bonds. The molecule has 0 bridgehead atoms. The Morgan fingerprint density at radius 1 is 0.448 bits per heavy atom. The van der Waals surface area contributed by atoms with E-state index in [-0.39, 0.29) is 0 Å². The molecule has 0 nitrogen and oxygen atoms in total. The lowest BCUT2D eigenvalue weighted by Crippen LogP contribution is -2.18. The lowest BCUT2D eigenvalue weighted by Gasteiger charge is -2.26. The van der Waals surface area contributed by atoms with Gasteiger partial charge < -0.3 is 0 Å². The third-order valence-electron chi connectivity index (χ3n) is 6.82. The fraction of sp³-hybridized carbons (Fsp3) is 1.00. The van der Waals surface area contributed by atoms with Gasteiger partial charge in [-0.3, -0.25) is 0 Å². The molecule has 0 aromatic rings. The maximum Gasteiger partial charge on any atom is 0.100 e. The van der Waals surface area contributed by atoms with Gasteiger partial charge in [0, 0.05) is 0 Å². The van der Waals surface area contributed by atoms with Gasteiger partial charge in [0.15, 0.2) is 0 Å². The van der Waals surface area contributed by atoms with Crippen molar-refractivity contribution in [1.82, 2.24) is 0 Å². The Balaban J connectivity index is 0.000000394. The third-order valence-corrected chi connectivity index (χ3v) is 6.82. The molecule has 3 aliphatic carbocycles. The van der Waals surface area contributed by atoms with E-state index < -0.39 is 18.5 Å². The summed E-state index contributed by atoms with van der Waals surface area (Å²) in [5.74, 6) is 3.11. The summed E-state index contributed by atoms with van der Waals surface area (Å²) in [5, 5.41) is 0. The highest BCUT2D eigenvalue weighted by Crippen LogP contribution is 2.31. The summed E-state index contributed by atoms with van der Waals surface area (Å²) in [4.78, 5) is 0. The second-order valence-corrected chi connectivity index (χ2v) is 9.75. The quantitative estimate of drug-likeness (QED) is 0.417. The van der Waals surface area contributed by atoms with Gasteiger partial charge in [-0.1, -0.05) is 60.8 Å². The molecule has 0 aromatic carbocycles. The average molecular weight is 421 g/mol. The van der Waals surface area contributed by atoms with E-state index in [0.29, 0.717) is 0 Å². The molecular weight excluding hydrogens is 369 g/mol. The van der Waals surface area contributed by atoms with Gasteiger partial charge in [-0.05, 0) is 87.9 Å². The van der Waals surface area contributed by atoms with Gasteiger partial charge in [0.2, 0.25) is 0 Å². The van der Waals surface area contributed by atoms with E-state index in [4.69, 9.17) is 0 Å². The molecule has 0 aliphatic heterocycles.